The van der Waals surface area contributed by atoms with Gasteiger partial charge in [0.05, 0.1) is 37.7 Å². The Balaban J connectivity index is 2.11. The highest BCUT2D eigenvalue weighted by molar-refractivity contribution is 5.79. The SMILES string of the molecule is CC(COC(N)=O)C(C#N)C(CC1CCCCC1)C(=O)N1CCOCC1. The van der Waals surface area contributed by atoms with Crippen LogP contribution in [0.1, 0.15) is 45.4 Å². The van der Waals surface area contributed by atoms with Gasteiger partial charge in [0.25, 0.3) is 0 Å². The Labute approximate surface area is 155 Å². The number of hydrogen-bond donors (Lipinski definition) is 1. The minimum absolute atomic E-state index is 0.0383. The molecular weight excluding hydrogens is 334 g/mol. The molecule has 2 rings (SSSR count). The lowest BCUT2D eigenvalue weighted by molar-refractivity contribution is -0.142. The zero-order chi connectivity index (χ0) is 18.9. The Morgan fingerprint density at radius 1 is 1.27 bits per heavy atom. The van der Waals surface area contributed by atoms with Gasteiger partial charge in [0.1, 0.15) is 0 Å². The predicted molar refractivity (Wildman–Crippen MR) is 95.9 cm³/mol. The molecule has 1 saturated heterocycles. The molecule has 2 amide bonds. The highest BCUT2D eigenvalue weighted by Crippen LogP contribution is 2.35. The molecule has 0 aromatic rings. The van der Waals surface area contributed by atoms with Gasteiger partial charge in [-0.15, -0.1) is 0 Å². The predicted octanol–water partition coefficient (Wildman–Crippen LogP) is 2.30. The topological polar surface area (TPSA) is 106 Å². The summed E-state index contributed by atoms with van der Waals surface area (Å²) in [5.41, 5.74) is 5.05. The van der Waals surface area contributed by atoms with Gasteiger partial charge in [0, 0.05) is 19.0 Å². The van der Waals surface area contributed by atoms with Gasteiger partial charge in [-0.3, -0.25) is 4.79 Å². The molecule has 2 aliphatic rings. The van der Waals surface area contributed by atoms with Crippen LogP contribution in [0.5, 0.6) is 0 Å². The van der Waals surface area contributed by atoms with E-state index >= 15 is 0 Å². The van der Waals surface area contributed by atoms with Crippen molar-refractivity contribution in [3.63, 3.8) is 0 Å². The van der Waals surface area contributed by atoms with Crippen molar-refractivity contribution in [1.29, 1.82) is 5.26 Å². The summed E-state index contributed by atoms with van der Waals surface area (Å²) in [6, 6.07) is 2.32. The molecule has 0 bridgehead atoms. The minimum atomic E-state index is -0.850. The third kappa shape index (κ3) is 5.87. The van der Waals surface area contributed by atoms with E-state index in [0.29, 0.717) is 32.2 Å². The summed E-state index contributed by atoms with van der Waals surface area (Å²) >= 11 is 0. The first-order valence-corrected chi connectivity index (χ1v) is 9.71. The maximum atomic E-state index is 13.2. The zero-order valence-corrected chi connectivity index (χ0v) is 15.7. The molecule has 1 heterocycles. The number of ether oxygens (including phenoxy) is 2. The number of hydrogen-bond acceptors (Lipinski definition) is 5. The summed E-state index contributed by atoms with van der Waals surface area (Å²) in [6.45, 7) is 4.13. The van der Waals surface area contributed by atoms with Crippen LogP contribution in [0.3, 0.4) is 0 Å². The fourth-order valence-corrected chi connectivity index (χ4v) is 4.13. The van der Waals surface area contributed by atoms with Crippen molar-refractivity contribution in [2.45, 2.75) is 45.4 Å². The smallest absolute Gasteiger partial charge is 0.404 e. The maximum Gasteiger partial charge on any atom is 0.404 e. The summed E-state index contributed by atoms with van der Waals surface area (Å²) < 4.78 is 10.2. The van der Waals surface area contributed by atoms with Crippen LogP contribution in [-0.4, -0.2) is 49.8 Å². The number of nitrogens with two attached hydrogens (primary N) is 1. The van der Waals surface area contributed by atoms with Gasteiger partial charge >= 0.3 is 6.09 Å². The molecule has 1 aliphatic heterocycles. The Hall–Kier alpha value is -1.81. The van der Waals surface area contributed by atoms with Crippen LogP contribution in [0.15, 0.2) is 0 Å². The van der Waals surface area contributed by atoms with Crippen LogP contribution in [0.25, 0.3) is 0 Å². The first-order chi connectivity index (χ1) is 12.5. The number of carbonyl (C=O) groups excluding carboxylic acids is 2. The number of morpholine rings is 1. The largest absolute Gasteiger partial charge is 0.449 e. The minimum Gasteiger partial charge on any atom is -0.449 e. The molecule has 0 aromatic carbocycles. The average molecular weight is 365 g/mol. The third-order valence-corrected chi connectivity index (χ3v) is 5.64. The van der Waals surface area contributed by atoms with Gasteiger partial charge < -0.3 is 20.1 Å². The quantitative estimate of drug-likeness (QED) is 0.745. The van der Waals surface area contributed by atoms with Crippen LogP contribution in [0.2, 0.25) is 0 Å². The number of nitriles is 1. The second-order valence-electron chi connectivity index (χ2n) is 7.55. The summed E-state index contributed by atoms with van der Waals surface area (Å²) in [6.07, 6.45) is 5.77. The standard InChI is InChI=1S/C19H31N3O4/c1-14(13-26-19(21)24)17(12-20)16(11-15-5-3-2-4-6-15)18(23)22-7-9-25-10-8-22/h14-17H,2-11,13H2,1H3,(H2,21,24). The van der Waals surface area contributed by atoms with Gasteiger partial charge in [-0.05, 0) is 12.3 Å². The summed E-state index contributed by atoms with van der Waals surface area (Å²) in [4.78, 5) is 25.9. The molecule has 1 saturated carbocycles. The number of rotatable bonds is 7. The van der Waals surface area contributed by atoms with Gasteiger partial charge in [0.15, 0.2) is 0 Å². The number of amides is 2. The summed E-state index contributed by atoms with van der Waals surface area (Å²) in [5, 5.41) is 9.79. The second kappa shape index (κ2) is 10.4. The van der Waals surface area contributed by atoms with Crippen molar-refractivity contribution in [1.82, 2.24) is 4.90 Å². The fraction of sp³-hybridized carbons (Fsp3) is 0.842. The molecule has 7 nitrogen and oxygen atoms in total. The second-order valence-corrected chi connectivity index (χ2v) is 7.55. The maximum absolute atomic E-state index is 13.2. The molecule has 146 valence electrons. The third-order valence-electron chi connectivity index (χ3n) is 5.64. The van der Waals surface area contributed by atoms with E-state index in [1.165, 1.54) is 19.3 Å². The van der Waals surface area contributed by atoms with Crippen LogP contribution in [0.4, 0.5) is 4.79 Å². The molecule has 2 fully saturated rings. The molecule has 0 spiro atoms. The van der Waals surface area contributed by atoms with Gasteiger partial charge in [0.2, 0.25) is 5.91 Å². The van der Waals surface area contributed by atoms with Crippen molar-refractivity contribution >= 4 is 12.0 Å². The molecule has 1 aliphatic carbocycles. The van der Waals surface area contributed by atoms with Crippen molar-refractivity contribution in [2.75, 3.05) is 32.9 Å². The van der Waals surface area contributed by atoms with Crippen LogP contribution < -0.4 is 5.73 Å². The molecule has 2 N–H and O–H groups in total. The highest BCUT2D eigenvalue weighted by atomic mass is 16.5. The van der Waals surface area contributed by atoms with E-state index < -0.39 is 12.0 Å². The monoisotopic (exact) mass is 365 g/mol. The van der Waals surface area contributed by atoms with Crippen LogP contribution in [0, 0.1) is 35.0 Å². The van der Waals surface area contributed by atoms with Crippen molar-refractivity contribution in [3.05, 3.63) is 0 Å². The molecule has 0 radical (unpaired) electrons. The van der Waals surface area contributed by atoms with Crippen molar-refractivity contribution in [2.24, 2.45) is 29.4 Å². The molecule has 7 heteroatoms. The normalized spacial score (nSPS) is 22.1. The lowest BCUT2D eigenvalue weighted by Gasteiger charge is -2.35. The lowest BCUT2D eigenvalue weighted by Crippen LogP contribution is -2.47. The van der Waals surface area contributed by atoms with E-state index in [4.69, 9.17) is 15.2 Å². The highest BCUT2D eigenvalue weighted by Gasteiger charge is 2.37. The van der Waals surface area contributed by atoms with E-state index in [1.54, 1.807) is 0 Å². The van der Waals surface area contributed by atoms with E-state index in [0.717, 1.165) is 19.3 Å². The van der Waals surface area contributed by atoms with Gasteiger partial charge in [-0.25, -0.2) is 4.79 Å². The number of nitrogens with zero attached hydrogens (tertiary/aromatic N) is 2. The molecule has 0 aromatic heterocycles. The summed E-state index contributed by atoms with van der Waals surface area (Å²) in [7, 11) is 0. The van der Waals surface area contributed by atoms with Crippen molar-refractivity contribution in [3.8, 4) is 6.07 Å². The number of carbonyl (C=O) groups is 2. The van der Waals surface area contributed by atoms with Gasteiger partial charge in [-0.2, -0.15) is 5.26 Å². The van der Waals surface area contributed by atoms with E-state index in [2.05, 4.69) is 6.07 Å². The molecule has 26 heavy (non-hydrogen) atoms. The Kier molecular flexibility index (Phi) is 8.17. The average Bonchev–Trinajstić information content (AvgIpc) is 2.67. The van der Waals surface area contributed by atoms with Crippen LogP contribution >= 0.6 is 0 Å². The number of primary amides is 1. The first-order valence-electron chi connectivity index (χ1n) is 9.71. The van der Waals surface area contributed by atoms with Crippen molar-refractivity contribution < 1.29 is 19.1 Å². The molecule has 3 unspecified atom stereocenters. The van der Waals surface area contributed by atoms with Gasteiger partial charge in [-0.1, -0.05) is 39.0 Å². The Morgan fingerprint density at radius 2 is 1.92 bits per heavy atom. The molecule has 3 atom stereocenters. The first kappa shape index (κ1) is 20.5. The summed E-state index contributed by atoms with van der Waals surface area (Å²) in [5.74, 6) is -0.583. The zero-order valence-electron chi connectivity index (χ0n) is 15.7. The van der Waals surface area contributed by atoms with Crippen LogP contribution in [-0.2, 0) is 14.3 Å². The lowest BCUT2D eigenvalue weighted by atomic mass is 9.74. The fourth-order valence-electron chi connectivity index (χ4n) is 4.13. The molecular formula is C19H31N3O4. The Morgan fingerprint density at radius 3 is 2.50 bits per heavy atom. The van der Waals surface area contributed by atoms with E-state index in [9.17, 15) is 14.9 Å². The Bertz CT molecular complexity index is 507. The van der Waals surface area contributed by atoms with E-state index in [-0.39, 0.29) is 24.3 Å². The van der Waals surface area contributed by atoms with E-state index in [1.807, 2.05) is 11.8 Å².